The zero-order valence-electron chi connectivity index (χ0n) is 12.0. The van der Waals surface area contributed by atoms with Gasteiger partial charge in [0, 0.05) is 10.9 Å². The molecule has 0 saturated carbocycles. The first-order valence-corrected chi connectivity index (χ1v) is 7.34. The molecule has 2 heterocycles. The smallest absolute Gasteiger partial charge is 0.212 e. The molecule has 0 aliphatic carbocycles. The van der Waals surface area contributed by atoms with E-state index in [1.807, 2.05) is 37.4 Å². The Hall–Kier alpha value is -2.52. The van der Waals surface area contributed by atoms with Gasteiger partial charge in [-0.2, -0.15) is 9.94 Å². The molecule has 104 valence electrons. The lowest BCUT2D eigenvalue weighted by molar-refractivity contribution is 0.798. The minimum atomic E-state index is 0.311. The van der Waals surface area contributed by atoms with Gasteiger partial charge in [-0.05, 0) is 38.0 Å². The van der Waals surface area contributed by atoms with Crippen LogP contribution in [0.15, 0.2) is 23.6 Å². The number of nitriles is 1. The SMILES string of the molecule is Cc1csc(-n2nnc(C#N)c2-c2ccc(C)c(C)c2)n1. The van der Waals surface area contributed by atoms with Gasteiger partial charge in [-0.25, -0.2) is 4.98 Å². The van der Waals surface area contributed by atoms with Gasteiger partial charge >= 0.3 is 0 Å². The molecule has 0 atom stereocenters. The van der Waals surface area contributed by atoms with Crippen molar-refractivity contribution in [2.75, 3.05) is 0 Å². The molecule has 0 amide bonds. The highest BCUT2D eigenvalue weighted by Gasteiger charge is 2.18. The quantitative estimate of drug-likeness (QED) is 0.728. The maximum Gasteiger partial charge on any atom is 0.212 e. The fourth-order valence-electron chi connectivity index (χ4n) is 2.08. The highest BCUT2D eigenvalue weighted by molar-refractivity contribution is 7.12. The first kappa shape index (κ1) is 13.5. The van der Waals surface area contributed by atoms with Crippen LogP contribution in [0.3, 0.4) is 0 Å². The van der Waals surface area contributed by atoms with Crippen molar-refractivity contribution in [1.29, 1.82) is 5.26 Å². The van der Waals surface area contributed by atoms with Crippen molar-refractivity contribution in [3.63, 3.8) is 0 Å². The lowest BCUT2D eigenvalue weighted by atomic mass is 10.0. The fourth-order valence-corrected chi connectivity index (χ4v) is 2.83. The average molecular weight is 295 g/mol. The number of thiazole rings is 1. The Morgan fingerprint density at radius 1 is 1.19 bits per heavy atom. The van der Waals surface area contributed by atoms with Crippen molar-refractivity contribution in [2.24, 2.45) is 0 Å². The van der Waals surface area contributed by atoms with E-state index in [4.69, 9.17) is 0 Å². The van der Waals surface area contributed by atoms with Crippen LogP contribution in [0.25, 0.3) is 16.4 Å². The Bertz CT molecular complexity index is 853. The molecule has 0 saturated heterocycles. The molecule has 6 heteroatoms. The Labute approximate surface area is 126 Å². The van der Waals surface area contributed by atoms with Crippen LogP contribution < -0.4 is 0 Å². The molecule has 0 spiro atoms. The van der Waals surface area contributed by atoms with Crippen LogP contribution in [0.1, 0.15) is 22.5 Å². The third-order valence-electron chi connectivity index (χ3n) is 3.34. The van der Waals surface area contributed by atoms with Crippen molar-refractivity contribution in [3.05, 3.63) is 46.1 Å². The lowest BCUT2D eigenvalue weighted by Crippen LogP contribution is -2.00. The summed E-state index contributed by atoms with van der Waals surface area (Å²) in [4.78, 5) is 4.42. The summed E-state index contributed by atoms with van der Waals surface area (Å²) < 4.78 is 1.64. The topological polar surface area (TPSA) is 67.4 Å². The summed E-state index contributed by atoms with van der Waals surface area (Å²) in [7, 11) is 0. The second-order valence-corrected chi connectivity index (χ2v) is 5.72. The molecule has 0 N–H and O–H groups in total. The van der Waals surface area contributed by atoms with E-state index in [1.165, 1.54) is 22.5 Å². The molecule has 2 aromatic heterocycles. The summed E-state index contributed by atoms with van der Waals surface area (Å²) in [5.41, 5.74) is 5.23. The molecule has 0 radical (unpaired) electrons. The molecule has 3 rings (SSSR count). The maximum atomic E-state index is 9.29. The molecule has 21 heavy (non-hydrogen) atoms. The highest BCUT2D eigenvalue weighted by Crippen LogP contribution is 2.27. The molecule has 0 aliphatic rings. The monoisotopic (exact) mass is 295 g/mol. The van der Waals surface area contributed by atoms with E-state index in [0.717, 1.165) is 16.4 Å². The van der Waals surface area contributed by atoms with Gasteiger partial charge in [-0.3, -0.25) is 0 Å². The lowest BCUT2D eigenvalue weighted by Gasteiger charge is -2.06. The van der Waals surface area contributed by atoms with Crippen LogP contribution >= 0.6 is 11.3 Å². The van der Waals surface area contributed by atoms with Crippen molar-refractivity contribution in [1.82, 2.24) is 20.0 Å². The predicted molar refractivity (Wildman–Crippen MR) is 81.4 cm³/mol. The van der Waals surface area contributed by atoms with Crippen molar-refractivity contribution < 1.29 is 0 Å². The number of hydrogen-bond acceptors (Lipinski definition) is 5. The average Bonchev–Trinajstić information content (AvgIpc) is 3.07. The van der Waals surface area contributed by atoms with E-state index in [1.54, 1.807) is 4.68 Å². The van der Waals surface area contributed by atoms with Crippen LogP contribution in [-0.2, 0) is 0 Å². The number of rotatable bonds is 2. The van der Waals surface area contributed by atoms with Gasteiger partial charge in [-0.15, -0.1) is 16.4 Å². The van der Waals surface area contributed by atoms with Crippen molar-refractivity contribution in [3.8, 4) is 22.5 Å². The van der Waals surface area contributed by atoms with E-state index in [9.17, 15) is 5.26 Å². The zero-order chi connectivity index (χ0) is 15.0. The molecule has 0 fully saturated rings. The number of benzene rings is 1. The highest BCUT2D eigenvalue weighted by atomic mass is 32.1. The molecule has 5 nitrogen and oxygen atoms in total. The van der Waals surface area contributed by atoms with E-state index in [0.29, 0.717) is 11.4 Å². The van der Waals surface area contributed by atoms with E-state index in [-0.39, 0.29) is 0 Å². The molecule has 0 unspecified atom stereocenters. The van der Waals surface area contributed by atoms with Gasteiger partial charge in [0.15, 0.2) is 5.69 Å². The Morgan fingerprint density at radius 2 is 2.00 bits per heavy atom. The second kappa shape index (κ2) is 5.11. The third-order valence-corrected chi connectivity index (χ3v) is 4.28. The molecular formula is C15H13N5S. The molecule has 0 bridgehead atoms. The summed E-state index contributed by atoms with van der Waals surface area (Å²) in [6, 6.07) is 8.18. The number of hydrogen-bond donors (Lipinski definition) is 0. The number of aromatic nitrogens is 4. The molecule has 3 aromatic rings. The van der Waals surface area contributed by atoms with Crippen LogP contribution in [-0.4, -0.2) is 20.0 Å². The summed E-state index contributed by atoms with van der Waals surface area (Å²) in [5.74, 6) is 0. The first-order valence-electron chi connectivity index (χ1n) is 6.46. The van der Waals surface area contributed by atoms with Gasteiger partial charge < -0.3 is 0 Å². The van der Waals surface area contributed by atoms with E-state index in [2.05, 4.69) is 28.3 Å². The predicted octanol–water partition coefficient (Wildman–Crippen LogP) is 3.19. The number of aryl methyl sites for hydroxylation is 3. The molecule has 1 aromatic carbocycles. The van der Waals surface area contributed by atoms with Crippen molar-refractivity contribution in [2.45, 2.75) is 20.8 Å². The number of nitrogens with zero attached hydrogens (tertiary/aromatic N) is 5. The summed E-state index contributed by atoms with van der Waals surface area (Å²) in [6.07, 6.45) is 0. The normalized spacial score (nSPS) is 10.6. The Kier molecular flexibility index (Phi) is 3.28. The van der Waals surface area contributed by atoms with Gasteiger partial charge in [0.25, 0.3) is 0 Å². The Morgan fingerprint density at radius 3 is 2.62 bits per heavy atom. The van der Waals surface area contributed by atoms with Gasteiger partial charge in [0.1, 0.15) is 11.8 Å². The molecular weight excluding hydrogens is 282 g/mol. The van der Waals surface area contributed by atoms with Crippen LogP contribution in [0.5, 0.6) is 0 Å². The minimum Gasteiger partial charge on any atom is -0.224 e. The summed E-state index contributed by atoms with van der Waals surface area (Å²) in [6.45, 7) is 6.04. The van der Waals surface area contributed by atoms with Gasteiger partial charge in [-0.1, -0.05) is 17.3 Å². The van der Waals surface area contributed by atoms with E-state index < -0.39 is 0 Å². The van der Waals surface area contributed by atoms with Crippen LogP contribution in [0, 0.1) is 32.1 Å². The van der Waals surface area contributed by atoms with Crippen molar-refractivity contribution >= 4 is 11.3 Å². The van der Waals surface area contributed by atoms with E-state index >= 15 is 0 Å². The first-order chi connectivity index (χ1) is 10.1. The largest absolute Gasteiger partial charge is 0.224 e. The third kappa shape index (κ3) is 2.32. The summed E-state index contributed by atoms with van der Waals surface area (Å²) in [5, 5.41) is 20.0. The van der Waals surface area contributed by atoms with Crippen LogP contribution in [0.4, 0.5) is 0 Å². The standard InChI is InChI=1S/C15H13N5S/c1-9-4-5-12(6-10(9)2)14-13(7-16)18-19-20(14)15-17-11(3)8-21-15/h4-6,8H,1-3H3. The zero-order valence-corrected chi connectivity index (χ0v) is 12.8. The second-order valence-electron chi connectivity index (χ2n) is 4.88. The molecule has 0 aliphatic heterocycles. The summed E-state index contributed by atoms with van der Waals surface area (Å²) >= 11 is 1.48. The maximum absolute atomic E-state index is 9.29. The van der Waals surface area contributed by atoms with Gasteiger partial charge in [0.05, 0.1) is 5.69 Å². The van der Waals surface area contributed by atoms with Crippen LogP contribution in [0.2, 0.25) is 0 Å². The minimum absolute atomic E-state index is 0.311. The Balaban J connectivity index is 2.23. The van der Waals surface area contributed by atoms with Gasteiger partial charge in [0.2, 0.25) is 5.13 Å². The fraction of sp³-hybridized carbons (Fsp3) is 0.200.